The van der Waals surface area contributed by atoms with Crippen LogP contribution < -0.4 is 4.57 Å². The number of nitrogens with zero attached hydrogens (tertiary/aromatic N) is 1. The maximum atomic E-state index is 2.52. The van der Waals surface area contributed by atoms with E-state index in [-0.39, 0.29) is 0 Å². The maximum absolute atomic E-state index is 2.52. The van der Waals surface area contributed by atoms with Gasteiger partial charge in [-0.2, -0.15) is 4.57 Å². The predicted molar refractivity (Wildman–Crippen MR) is 191 cm³/mol. The highest BCUT2D eigenvalue weighted by atomic mass is 15.0. The molecule has 2 aromatic rings. The summed E-state index contributed by atoms with van der Waals surface area (Å²) in [6.45, 7) is 6.95. The Labute approximate surface area is 269 Å². The SMILES string of the molecule is CCCCCCCCCCCCCCc1cc[n+](C(CC)c2ccccc2)cc1CCCCCCCCCCCCCC. The molecule has 0 saturated carbocycles. The molecule has 1 nitrogen and oxygen atoms in total. The molecule has 1 aromatic heterocycles. The molecule has 0 aliphatic heterocycles. The summed E-state index contributed by atoms with van der Waals surface area (Å²) in [5, 5.41) is 0. The van der Waals surface area contributed by atoms with Crippen molar-refractivity contribution in [3.05, 3.63) is 65.5 Å². The van der Waals surface area contributed by atoms with Gasteiger partial charge in [0.2, 0.25) is 0 Å². The number of hydrogen-bond donors (Lipinski definition) is 0. The summed E-state index contributed by atoms with van der Waals surface area (Å²) in [4.78, 5) is 0. The second-order valence-electron chi connectivity index (χ2n) is 13.6. The van der Waals surface area contributed by atoms with Crippen molar-refractivity contribution in [1.29, 1.82) is 0 Å². The highest BCUT2D eigenvalue weighted by Crippen LogP contribution is 2.21. The van der Waals surface area contributed by atoms with E-state index in [1.165, 1.54) is 173 Å². The summed E-state index contributed by atoms with van der Waals surface area (Å²) in [6.07, 6.45) is 42.7. The maximum Gasteiger partial charge on any atom is 0.183 e. The molecule has 1 aromatic carbocycles. The van der Waals surface area contributed by atoms with Crippen LogP contribution in [0.5, 0.6) is 0 Å². The van der Waals surface area contributed by atoms with Crippen molar-refractivity contribution >= 4 is 0 Å². The van der Waals surface area contributed by atoms with Crippen LogP contribution in [0.2, 0.25) is 0 Å². The normalized spacial score (nSPS) is 12.2. The summed E-state index contributed by atoms with van der Waals surface area (Å²) in [5.41, 5.74) is 4.67. The molecule has 1 atom stereocenters. The molecule has 43 heavy (non-hydrogen) atoms. The first kappa shape index (κ1) is 37.6. The number of aromatic nitrogens is 1. The van der Waals surface area contributed by atoms with E-state index in [1.807, 2.05) is 0 Å². The Balaban J connectivity index is 1.76. The first-order chi connectivity index (χ1) is 21.3. The Hall–Kier alpha value is -1.63. The lowest BCUT2D eigenvalue weighted by molar-refractivity contribution is -0.714. The van der Waals surface area contributed by atoms with E-state index in [9.17, 15) is 0 Å². The van der Waals surface area contributed by atoms with Crippen molar-refractivity contribution in [2.75, 3.05) is 0 Å². The molecule has 1 heterocycles. The fourth-order valence-corrected chi connectivity index (χ4v) is 6.86. The summed E-state index contributed by atoms with van der Waals surface area (Å²) in [7, 11) is 0. The molecule has 0 aliphatic rings. The Morgan fingerprint density at radius 1 is 0.442 bits per heavy atom. The molecule has 244 valence electrons. The van der Waals surface area contributed by atoms with Gasteiger partial charge in [-0.15, -0.1) is 0 Å². The van der Waals surface area contributed by atoms with Crippen LogP contribution in [0.1, 0.15) is 204 Å². The van der Waals surface area contributed by atoms with E-state index in [4.69, 9.17) is 0 Å². The van der Waals surface area contributed by atoms with Crippen molar-refractivity contribution in [1.82, 2.24) is 0 Å². The first-order valence-corrected chi connectivity index (χ1v) is 19.4. The van der Waals surface area contributed by atoms with E-state index in [1.54, 1.807) is 11.1 Å². The quantitative estimate of drug-likeness (QED) is 0.0655. The second kappa shape index (κ2) is 26.7. The van der Waals surface area contributed by atoms with Gasteiger partial charge in [-0.3, -0.25) is 0 Å². The molecular weight excluding hydrogens is 518 g/mol. The van der Waals surface area contributed by atoms with E-state index in [0.717, 1.165) is 6.42 Å². The third-order valence-electron chi connectivity index (χ3n) is 9.70. The van der Waals surface area contributed by atoms with Crippen LogP contribution in [0.4, 0.5) is 0 Å². The molecule has 0 radical (unpaired) electrons. The van der Waals surface area contributed by atoms with Gasteiger partial charge in [-0.1, -0.05) is 192 Å². The lowest BCUT2D eigenvalue weighted by Crippen LogP contribution is -2.40. The average Bonchev–Trinajstić information content (AvgIpc) is 3.03. The molecule has 0 N–H and O–H groups in total. The van der Waals surface area contributed by atoms with E-state index in [0.29, 0.717) is 6.04 Å². The van der Waals surface area contributed by atoms with Gasteiger partial charge in [0.15, 0.2) is 18.4 Å². The van der Waals surface area contributed by atoms with Gasteiger partial charge in [-0.25, -0.2) is 0 Å². The van der Waals surface area contributed by atoms with Gasteiger partial charge < -0.3 is 0 Å². The van der Waals surface area contributed by atoms with Gasteiger partial charge in [0, 0.05) is 23.6 Å². The molecule has 1 unspecified atom stereocenters. The van der Waals surface area contributed by atoms with E-state index < -0.39 is 0 Å². The van der Waals surface area contributed by atoms with Gasteiger partial charge in [0.05, 0.1) is 0 Å². The molecule has 0 bridgehead atoms. The highest BCUT2D eigenvalue weighted by molar-refractivity contribution is 5.23. The van der Waals surface area contributed by atoms with Gasteiger partial charge in [0.1, 0.15) is 0 Å². The third kappa shape index (κ3) is 18.1. The van der Waals surface area contributed by atoms with Crippen LogP contribution >= 0.6 is 0 Å². The third-order valence-corrected chi connectivity index (χ3v) is 9.70. The van der Waals surface area contributed by atoms with Crippen molar-refractivity contribution in [3.63, 3.8) is 0 Å². The summed E-state index contributed by atoms with van der Waals surface area (Å²) in [6, 6.07) is 14.0. The first-order valence-electron chi connectivity index (χ1n) is 19.4. The minimum atomic E-state index is 0.433. The van der Waals surface area contributed by atoms with Crippen molar-refractivity contribution in [2.24, 2.45) is 0 Å². The predicted octanol–water partition coefficient (Wildman–Crippen LogP) is 13.5. The summed E-state index contributed by atoms with van der Waals surface area (Å²) in [5.74, 6) is 0. The van der Waals surface area contributed by atoms with Crippen LogP contribution in [0.15, 0.2) is 48.8 Å². The lowest BCUT2D eigenvalue weighted by atomic mass is 9.96. The minimum Gasteiger partial charge on any atom is -0.198 e. The molecular formula is C42H72N+. The highest BCUT2D eigenvalue weighted by Gasteiger charge is 2.20. The largest absolute Gasteiger partial charge is 0.198 e. The molecule has 0 spiro atoms. The number of pyridine rings is 1. The number of hydrogen-bond acceptors (Lipinski definition) is 0. The topological polar surface area (TPSA) is 3.88 Å². The zero-order chi connectivity index (χ0) is 30.6. The monoisotopic (exact) mass is 591 g/mol. The van der Waals surface area contributed by atoms with Crippen LogP contribution in [0.25, 0.3) is 0 Å². The number of benzene rings is 1. The Kier molecular flexibility index (Phi) is 23.4. The molecule has 0 aliphatic carbocycles. The summed E-state index contributed by atoms with van der Waals surface area (Å²) >= 11 is 0. The van der Waals surface area contributed by atoms with Crippen LogP contribution in [0, 0.1) is 0 Å². The fourth-order valence-electron chi connectivity index (χ4n) is 6.86. The smallest absolute Gasteiger partial charge is 0.183 e. The van der Waals surface area contributed by atoms with Crippen LogP contribution in [0.3, 0.4) is 0 Å². The van der Waals surface area contributed by atoms with E-state index >= 15 is 0 Å². The Morgan fingerprint density at radius 3 is 1.26 bits per heavy atom. The minimum absolute atomic E-state index is 0.433. The van der Waals surface area contributed by atoms with E-state index in [2.05, 4.69) is 74.1 Å². The number of unbranched alkanes of at least 4 members (excludes halogenated alkanes) is 22. The Morgan fingerprint density at radius 2 is 0.837 bits per heavy atom. The molecule has 2 rings (SSSR count). The fraction of sp³-hybridized carbons (Fsp3) is 0.738. The zero-order valence-corrected chi connectivity index (χ0v) is 29.2. The average molecular weight is 591 g/mol. The molecule has 0 amide bonds. The molecule has 0 fully saturated rings. The number of rotatable bonds is 29. The molecule has 1 heteroatoms. The zero-order valence-electron chi connectivity index (χ0n) is 29.2. The lowest BCUT2D eigenvalue weighted by Gasteiger charge is -2.14. The van der Waals surface area contributed by atoms with Crippen LogP contribution in [-0.2, 0) is 12.8 Å². The standard InChI is InChI=1S/C42H72N/c1-4-7-9-11-13-15-17-19-21-23-25-28-32-39-36-37-43(42(6-3)40-33-30-27-31-34-40)38-41(39)35-29-26-24-22-20-18-16-14-12-10-8-5-2/h27,30-31,33-34,36-38,42H,4-26,28-29,32,35H2,1-3H3/q+1. The number of aryl methyl sites for hydroxylation is 2. The van der Waals surface area contributed by atoms with Gasteiger partial charge >= 0.3 is 0 Å². The van der Waals surface area contributed by atoms with Crippen molar-refractivity contribution in [2.45, 2.75) is 200 Å². The van der Waals surface area contributed by atoms with Gasteiger partial charge in [-0.05, 0) is 31.2 Å². The van der Waals surface area contributed by atoms with Crippen LogP contribution in [-0.4, -0.2) is 0 Å². The molecule has 0 saturated heterocycles. The second-order valence-corrected chi connectivity index (χ2v) is 13.6. The summed E-state index contributed by atoms with van der Waals surface area (Å²) < 4.78 is 2.51. The Bertz CT molecular complexity index is 872. The van der Waals surface area contributed by atoms with Gasteiger partial charge in [0.25, 0.3) is 0 Å². The van der Waals surface area contributed by atoms with Crippen molar-refractivity contribution < 1.29 is 4.57 Å². The van der Waals surface area contributed by atoms with Crippen molar-refractivity contribution in [3.8, 4) is 0 Å².